The molecule has 0 radical (unpaired) electrons. The average molecular weight is 469 g/mol. The largest absolute Gasteiger partial charge is 0.426 e. The lowest BCUT2D eigenvalue weighted by atomic mass is 9.88. The second-order valence-electron chi connectivity index (χ2n) is 10.0. The maximum atomic E-state index is 13.4. The van der Waals surface area contributed by atoms with Crippen molar-refractivity contribution in [3.05, 3.63) is 95.8 Å². The molecule has 4 aromatic rings. The van der Waals surface area contributed by atoms with Crippen molar-refractivity contribution in [2.75, 3.05) is 0 Å². The Morgan fingerprint density at radius 1 is 0.943 bits per heavy atom. The number of para-hydroxylation sites is 2. The molecule has 1 aromatic heterocycles. The highest BCUT2D eigenvalue weighted by Crippen LogP contribution is 2.29. The van der Waals surface area contributed by atoms with Gasteiger partial charge < -0.3 is 9.30 Å². The highest BCUT2D eigenvalue weighted by molar-refractivity contribution is 5.96. The third-order valence-electron chi connectivity index (χ3n) is 6.24. The summed E-state index contributed by atoms with van der Waals surface area (Å²) in [5.74, 6) is 0.859. The lowest BCUT2D eigenvalue weighted by Crippen LogP contribution is -2.25. The van der Waals surface area contributed by atoms with Crippen LogP contribution in [-0.2, 0) is 18.3 Å². The van der Waals surface area contributed by atoms with Crippen LogP contribution in [0.4, 0.5) is 0 Å². The summed E-state index contributed by atoms with van der Waals surface area (Å²) in [6.07, 6.45) is 1.92. The van der Waals surface area contributed by atoms with Gasteiger partial charge in [-0.1, -0.05) is 54.6 Å². The minimum absolute atomic E-state index is 0.0328. The van der Waals surface area contributed by atoms with Crippen molar-refractivity contribution in [3.8, 4) is 5.75 Å². The molecule has 3 aromatic carbocycles. The molecule has 0 amide bonds. The van der Waals surface area contributed by atoms with Crippen LogP contribution in [0.25, 0.3) is 11.0 Å². The summed E-state index contributed by atoms with van der Waals surface area (Å²) in [6.45, 7) is 5.52. The first-order valence-corrected chi connectivity index (χ1v) is 12.0. The Balaban J connectivity index is 1.51. The van der Waals surface area contributed by atoms with Crippen LogP contribution in [0.1, 0.15) is 61.3 Å². The van der Waals surface area contributed by atoms with Crippen molar-refractivity contribution in [2.24, 2.45) is 12.5 Å². The zero-order valence-corrected chi connectivity index (χ0v) is 20.8. The highest BCUT2D eigenvalue weighted by atomic mass is 16.5. The zero-order chi connectivity index (χ0) is 25.0. The molecule has 0 saturated heterocycles. The predicted molar refractivity (Wildman–Crippen MR) is 139 cm³/mol. The number of nitrogens with zero attached hydrogens (tertiary/aromatic N) is 2. The number of imidazole rings is 1. The van der Waals surface area contributed by atoms with Crippen molar-refractivity contribution in [2.45, 2.75) is 46.0 Å². The van der Waals surface area contributed by atoms with Crippen LogP contribution >= 0.6 is 0 Å². The number of esters is 1. The monoisotopic (exact) mass is 468 g/mol. The predicted octanol–water partition coefficient (Wildman–Crippen LogP) is 6.51. The van der Waals surface area contributed by atoms with Crippen LogP contribution < -0.4 is 4.74 Å². The van der Waals surface area contributed by atoms with Gasteiger partial charge in [0, 0.05) is 13.5 Å². The van der Waals surface area contributed by atoms with E-state index in [1.54, 1.807) is 6.07 Å². The lowest BCUT2D eigenvalue weighted by Gasteiger charge is -2.18. The number of aromatic nitrogens is 2. The summed E-state index contributed by atoms with van der Waals surface area (Å²) in [7, 11) is 1.89. The molecule has 0 unspecified atom stereocenters. The number of rotatable bonds is 8. The van der Waals surface area contributed by atoms with Crippen LogP contribution in [0.3, 0.4) is 0 Å². The summed E-state index contributed by atoms with van der Waals surface area (Å²) in [5, 5.41) is 0. The van der Waals surface area contributed by atoms with Crippen LogP contribution in [0.15, 0.2) is 78.9 Å². The maximum Gasteiger partial charge on any atom is 0.316 e. The molecule has 4 rings (SSSR count). The van der Waals surface area contributed by atoms with E-state index < -0.39 is 5.41 Å². The van der Waals surface area contributed by atoms with Crippen LogP contribution in [0.2, 0.25) is 0 Å². The van der Waals surface area contributed by atoms with Gasteiger partial charge in [0.05, 0.1) is 16.4 Å². The molecule has 0 fully saturated rings. The summed E-state index contributed by atoms with van der Waals surface area (Å²) < 4.78 is 7.45. The van der Waals surface area contributed by atoms with Crippen molar-refractivity contribution >= 4 is 22.8 Å². The van der Waals surface area contributed by atoms with E-state index in [1.165, 1.54) is 0 Å². The molecule has 0 spiro atoms. The number of fused-ring (bicyclic) bond motifs is 1. The molecule has 0 aliphatic rings. The normalized spacial score (nSPS) is 12.5. The fourth-order valence-corrected chi connectivity index (χ4v) is 4.19. The number of Topliss-reactive ketones (excluding diaryl/α,β-unsaturated/α-hetero) is 1. The van der Waals surface area contributed by atoms with Gasteiger partial charge >= 0.3 is 5.97 Å². The first kappa shape index (κ1) is 24.4. The molecule has 1 heterocycles. The Hall–Kier alpha value is -3.73. The fourth-order valence-electron chi connectivity index (χ4n) is 4.19. The lowest BCUT2D eigenvalue weighted by molar-refractivity contribution is -0.143. The van der Waals surface area contributed by atoms with Gasteiger partial charge in [0.1, 0.15) is 5.75 Å². The van der Waals surface area contributed by atoms with Gasteiger partial charge in [0.25, 0.3) is 0 Å². The molecule has 35 heavy (non-hydrogen) atoms. The van der Waals surface area contributed by atoms with Gasteiger partial charge in [0.2, 0.25) is 0 Å². The Bertz CT molecular complexity index is 1330. The molecule has 0 aliphatic heterocycles. The van der Waals surface area contributed by atoms with Gasteiger partial charge in [-0.3, -0.25) is 9.59 Å². The number of benzene rings is 3. The smallest absolute Gasteiger partial charge is 0.316 e. The minimum Gasteiger partial charge on any atom is -0.426 e. The first-order chi connectivity index (χ1) is 16.7. The number of carbonyl (C=O) groups is 2. The van der Waals surface area contributed by atoms with Crippen molar-refractivity contribution in [3.63, 3.8) is 0 Å². The molecule has 5 heteroatoms. The molecule has 180 valence electrons. The summed E-state index contributed by atoms with van der Waals surface area (Å²) >= 11 is 0. The SMILES string of the molecule is Cn1c(C(=O)C[C@@H](CCc2cccc(OC(=O)C(C)(C)C)c2)c2ccccc2)nc2ccccc21. The zero-order valence-electron chi connectivity index (χ0n) is 20.8. The Kier molecular flexibility index (Phi) is 7.15. The average Bonchev–Trinajstić information content (AvgIpc) is 3.18. The van der Waals surface area contributed by atoms with E-state index in [4.69, 9.17) is 4.74 Å². The molecular formula is C30H32N2O3. The van der Waals surface area contributed by atoms with E-state index in [0.29, 0.717) is 18.0 Å². The molecular weight excluding hydrogens is 436 g/mol. The fraction of sp³-hybridized carbons (Fsp3) is 0.300. The van der Waals surface area contributed by atoms with Crippen LogP contribution in [0.5, 0.6) is 5.75 Å². The van der Waals surface area contributed by atoms with Gasteiger partial charge in [-0.2, -0.15) is 0 Å². The number of hydrogen-bond acceptors (Lipinski definition) is 4. The second-order valence-corrected chi connectivity index (χ2v) is 10.0. The topological polar surface area (TPSA) is 61.2 Å². The summed E-state index contributed by atoms with van der Waals surface area (Å²) in [4.78, 5) is 30.2. The van der Waals surface area contributed by atoms with Crippen molar-refractivity contribution in [1.82, 2.24) is 9.55 Å². The Morgan fingerprint density at radius 2 is 1.66 bits per heavy atom. The molecule has 0 bridgehead atoms. The number of ether oxygens (including phenoxy) is 1. The van der Waals surface area contributed by atoms with E-state index in [9.17, 15) is 9.59 Å². The van der Waals surface area contributed by atoms with E-state index in [1.807, 2.05) is 93.0 Å². The van der Waals surface area contributed by atoms with Crippen molar-refractivity contribution < 1.29 is 14.3 Å². The molecule has 0 N–H and O–H groups in total. The number of aryl methyl sites for hydroxylation is 2. The number of carbonyl (C=O) groups excluding carboxylic acids is 2. The summed E-state index contributed by atoms with van der Waals surface area (Å²) in [5.41, 5.74) is 3.42. The highest BCUT2D eigenvalue weighted by Gasteiger charge is 2.24. The van der Waals surface area contributed by atoms with E-state index in [0.717, 1.165) is 35.0 Å². The van der Waals surface area contributed by atoms with Crippen molar-refractivity contribution in [1.29, 1.82) is 0 Å². The standard InChI is InChI=1S/C30H32N2O3/c1-30(2,3)29(34)35-24-14-10-11-21(19-24)17-18-23(22-12-6-5-7-13-22)20-27(33)28-31-25-15-8-9-16-26(25)32(28)4/h5-16,19,23H,17-18,20H2,1-4H3/t23-/m1/s1. The van der Waals surface area contributed by atoms with Crippen LogP contribution in [-0.4, -0.2) is 21.3 Å². The third kappa shape index (κ3) is 5.86. The Labute approximate surface area is 206 Å². The second kappa shape index (κ2) is 10.3. The van der Waals surface area contributed by atoms with Gasteiger partial charge in [-0.05, 0) is 74.9 Å². The quantitative estimate of drug-likeness (QED) is 0.168. The van der Waals surface area contributed by atoms with Gasteiger partial charge in [-0.15, -0.1) is 0 Å². The Morgan fingerprint density at radius 3 is 2.37 bits per heavy atom. The maximum absolute atomic E-state index is 13.4. The molecule has 0 aliphatic carbocycles. The first-order valence-electron chi connectivity index (χ1n) is 12.0. The number of hydrogen-bond donors (Lipinski definition) is 0. The summed E-state index contributed by atoms with van der Waals surface area (Å²) in [6, 6.07) is 25.6. The van der Waals surface area contributed by atoms with Gasteiger partial charge in [-0.25, -0.2) is 4.98 Å². The van der Waals surface area contributed by atoms with E-state index >= 15 is 0 Å². The van der Waals surface area contributed by atoms with Gasteiger partial charge in [0.15, 0.2) is 11.6 Å². The number of ketones is 1. The minimum atomic E-state index is -0.565. The molecule has 0 saturated carbocycles. The third-order valence-corrected chi connectivity index (χ3v) is 6.24. The van der Waals surface area contributed by atoms with Crippen LogP contribution in [0, 0.1) is 5.41 Å². The van der Waals surface area contributed by atoms with E-state index in [-0.39, 0.29) is 17.7 Å². The molecule has 1 atom stereocenters. The molecule has 5 nitrogen and oxygen atoms in total. The van der Waals surface area contributed by atoms with E-state index in [2.05, 4.69) is 17.1 Å².